The van der Waals surface area contributed by atoms with Crippen LogP contribution in [-0.4, -0.2) is 12.8 Å². The third-order valence-corrected chi connectivity index (χ3v) is 1.90. The predicted molar refractivity (Wildman–Crippen MR) is 48.2 cm³/mol. The molecule has 1 aromatic rings. The van der Waals surface area contributed by atoms with Gasteiger partial charge in [-0.2, -0.15) is 0 Å². The van der Waals surface area contributed by atoms with Crippen LogP contribution < -0.4 is 0 Å². The molecule has 0 aromatic carbocycles. The molecule has 0 N–H and O–H groups in total. The van der Waals surface area contributed by atoms with Gasteiger partial charge in [-0.15, -0.1) is 11.3 Å². The van der Waals surface area contributed by atoms with Gasteiger partial charge in [-0.3, -0.25) is 0 Å². The maximum absolute atomic E-state index is 4.93. The van der Waals surface area contributed by atoms with Crippen LogP contribution in [0, 0.1) is 0 Å². The molecule has 1 heterocycles. The lowest BCUT2D eigenvalue weighted by molar-refractivity contribution is 0.146. The molecule has 0 fully saturated rings. The Labute approximate surface area is 70.5 Å². The van der Waals surface area contributed by atoms with Crippen LogP contribution >= 0.6 is 11.3 Å². The predicted octanol–water partition coefficient (Wildman–Crippen LogP) is 2.51. The van der Waals surface area contributed by atoms with Crippen LogP contribution in [0.5, 0.6) is 0 Å². The lowest BCUT2D eigenvalue weighted by Gasteiger charge is -1.91. The molecule has 60 valence electrons. The van der Waals surface area contributed by atoms with Gasteiger partial charge in [-0.1, -0.05) is 18.1 Å². The van der Waals surface area contributed by atoms with Crippen molar-refractivity contribution < 1.29 is 4.84 Å². The van der Waals surface area contributed by atoms with Crippen molar-refractivity contribution in [3.05, 3.63) is 22.4 Å². The third-order valence-electron chi connectivity index (χ3n) is 1.09. The van der Waals surface area contributed by atoms with E-state index in [1.54, 1.807) is 17.6 Å². The maximum atomic E-state index is 4.93. The van der Waals surface area contributed by atoms with Gasteiger partial charge in [0.15, 0.2) is 0 Å². The Bertz CT molecular complexity index is 206. The van der Waals surface area contributed by atoms with Crippen molar-refractivity contribution in [3.63, 3.8) is 0 Å². The first-order chi connectivity index (χ1) is 5.43. The molecular formula is C8H11NOS. The quantitative estimate of drug-likeness (QED) is 0.385. The number of oxime groups is 1. The van der Waals surface area contributed by atoms with Crippen LogP contribution in [0.4, 0.5) is 0 Å². The summed E-state index contributed by atoms with van der Waals surface area (Å²) in [7, 11) is 0. The zero-order chi connectivity index (χ0) is 7.94. The molecule has 0 radical (unpaired) electrons. The lowest BCUT2D eigenvalue weighted by Crippen LogP contribution is -1.84. The molecule has 0 aliphatic heterocycles. The van der Waals surface area contributed by atoms with Gasteiger partial charge in [0.25, 0.3) is 0 Å². The second kappa shape index (κ2) is 4.91. The molecule has 0 bridgehead atoms. The summed E-state index contributed by atoms with van der Waals surface area (Å²) in [6.07, 6.45) is 2.74. The lowest BCUT2D eigenvalue weighted by atomic mass is 10.5. The molecule has 0 aliphatic carbocycles. The summed E-state index contributed by atoms with van der Waals surface area (Å²) < 4.78 is 0. The Morgan fingerprint density at radius 1 is 1.73 bits per heavy atom. The fourth-order valence-corrected chi connectivity index (χ4v) is 1.17. The first kappa shape index (κ1) is 8.27. The molecule has 11 heavy (non-hydrogen) atoms. The van der Waals surface area contributed by atoms with Crippen LogP contribution in [0.15, 0.2) is 22.7 Å². The second-order valence-electron chi connectivity index (χ2n) is 2.08. The molecule has 0 atom stereocenters. The van der Waals surface area contributed by atoms with Gasteiger partial charge in [-0.25, -0.2) is 0 Å². The van der Waals surface area contributed by atoms with Gasteiger partial charge in [0.05, 0.1) is 6.21 Å². The highest BCUT2D eigenvalue weighted by molar-refractivity contribution is 7.11. The van der Waals surface area contributed by atoms with E-state index in [0.29, 0.717) is 6.61 Å². The first-order valence-electron chi connectivity index (χ1n) is 3.62. The van der Waals surface area contributed by atoms with Gasteiger partial charge in [0, 0.05) is 4.88 Å². The molecule has 1 rings (SSSR count). The van der Waals surface area contributed by atoms with Crippen LogP contribution in [0.3, 0.4) is 0 Å². The van der Waals surface area contributed by atoms with Gasteiger partial charge >= 0.3 is 0 Å². The van der Waals surface area contributed by atoms with Gasteiger partial charge in [0.2, 0.25) is 0 Å². The number of thiophene rings is 1. The fourth-order valence-electron chi connectivity index (χ4n) is 0.598. The minimum Gasteiger partial charge on any atom is -0.396 e. The molecule has 0 saturated carbocycles. The summed E-state index contributed by atoms with van der Waals surface area (Å²) in [5.41, 5.74) is 0. The largest absolute Gasteiger partial charge is 0.396 e. The zero-order valence-electron chi connectivity index (χ0n) is 6.49. The van der Waals surface area contributed by atoms with Crippen molar-refractivity contribution in [3.8, 4) is 0 Å². The molecule has 0 unspecified atom stereocenters. The van der Waals surface area contributed by atoms with E-state index < -0.39 is 0 Å². The Balaban J connectivity index is 2.25. The van der Waals surface area contributed by atoms with Gasteiger partial charge in [-0.05, 0) is 17.9 Å². The number of nitrogens with zero attached hydrogens (tertiary/aromatic N) is 1. The SMILES string of the molecule is CCCO/N=C/c1cccs1. The Hall–Kier alpha value is -0.830. The van der Waals surface area contributed by atoms with Crippen molar-refractivity contribution in [1.82, 2.24) is 0 Å². The summed E-state index contributed by atoms with van der Waals surface area (Å²) in [5, 5.41) is 5.80. The van der Waals surface area contributed by atoms with Crippen molar-refractivity contribution >= 4 is 17.6 Å². The summed E-state index contributed by atoms with van der Waals surface area (Å²) >= 11 is 1.65. The van der Waals surface area contributed by atoms with E-state index in [-0.39, 0.29) is 0 Å². The van der Waals surface area contributed by atoms with E-state index in [4.69, 9.17) is 4.84 Å². The van der Waals surface area contributed by atoms with Crippen LogP contribution in [0.1, 0.15) is 18.2 Å². The van der Waals surface area contributed by atoms with Crippen LogP contribution in [0.25, 0.3) is 0 Å². The maximum Gasteiger partial charge on any atom is 0.116 e. The van der Waals surface area contributed by atoms with Crippen molar-refractivity contribution in [1.29, 1.82) is 0 Å². The standard InChI is InChI=1S/C8H11NOS/c1-2-5-10-9-7-8-4-3-6-11-8/h3-4,6-7H,2,5H2,1H3/b9-7+. The number of rotatable bonds is 4. The van der Waals surface area contributed by atoms with Crippen molar-refractivity contribution in [2.24, 2.45) is 5.16 Å². The minimum absolute atomic E-state index is 0.696. The molecule has 0 amide bonds. The molecule has 3 heteroatoms. The molecule has 0 saturated heterocycles. The molecule has 0 aliphatic rings. The zero-order valence-corrected chi connectivity index (χ0v) is 7.30. The summed E-state index contributed by atoms with van der Waals surface area (Å²) in [6, 6.07) is 4.00. The van der Waals surface area contributed by atoms with Crippen LogP contribution in [-0.2, 0) is 4.84 Å². The average Bonchev–Trinajstić information content (AvgIpc) is 2.50. The van der Waals surface area contributed by atoms with Crippen molar-refractivity contribution in [2.75, 3.05) is 6.61 Å². The van der Waals surface area contributed by atoms with Crippen LogP contribution in [0.2, 0.25) is 0 Å². The average molecular weight is 169 g/mol. The highest BCUT2D eigenvalue weighted by Gasteiger charge is 1.85. The van der Waals surface area contributed by atoms with E-state index in [1.165, 1.54) is 0 Å². The smallest absolute Gasteiger partial charge is 0.116 e. The fraction of sp³-hybridized carbons (Fsp3) is 0.375. The number of hydrogen-bond donors (Lipinski definition) is 0. The molecular weight excluding hydrogens is 158 g/mol. The molecule has 0 spiro atoms. The normalized spacial score (nSPS) is 10.6. The summed E-state index contributed by atoms with van der Waals surface area (Å²) in [6.45, 7) is 2.75. The highest BCUT2D eigenvalue weighted by atomic mass is 32.1. The Morgan fingerprint density at radius 2 is 2.64 bits per heavy atom. The summed E-state index contributed by atoms with van der Waals surface area (Å²) in [5.74, 6) is 0. The molecule has 2 nitrogen and oxygen atoms in total. The van der Waals surface area contributed by atoms with Gasteiger partial charge in [0.1, 0.15) is 6.61 Å². The first-order valence-corrected chi connectivity index (χ1v) is 4.50. The van der Waals surface area contributed by atoms with E-state index in [9.17, 15) is 0 Å². The highest BCUT2D eigenvalue weighted by Crippen LogP contribution is 2.04. The van der Waals surface area contributed by atoms with Crippen molar-refractivity contribution in [2.45, 2.75) is 13.3 Å². The van der Waals surface area contributed by atoms with Gasteiger partial charge < -0.3 is 4.84 Å². The topological polar surface area (TPSA) is 21.6 Å². The third kappa shape index (κ3) is 3.18. The summed E-state index contributed by atoms with van der Waals surface area (Å²) in [4.78, 5) is 6.06. The second-order valence-corrected chi connectivity index (χ2v) is 3.06. The van der Waals surface area contributed by atoms with E-state index in [0.717, 1.165) is 11.3 Å². The molecule has 1 aromatic heterocycles. The number of hydrogen-bond acceptors (Lipinski definition) is 3. The Kier molecular flexibility index (Phi) is 3.69. The minimum atomic E-state index is 0.696. The monoisotopic (exact) mass is 169 g/mol. The van der Waals surface area contributed by atoms with E-state index in [2.05, 4.69) is 12.1 Å². The van der Waals surface area contributed by atoms with E-state index in [1.807, 2.05) is 17.5 Å². The Morgan fingerprint density at radius 3 is 3.27 bits per heavy atom. The van der Waals surface area contributed by atoms with E-state index >= 15 is 0 Å².